The Kier molecular flexibility index (Phi) is 3.99. The first kappa shape index (κ1) is 13.1. The number of hydrogen-bond acceptors (Lipinski definition) is 2. The van der Waals surface area contributed by atoms with Gasteiger partial charge >= 0.3 is 0 Å². The molecular weight excluding hydrogens is 253 g/mol. The van der Waals surface area contributed by atoms with Crippen LogP contribution >= 0.6 is 11.6 Å². The first-order valence-electron chi connectivity index (χ1n) is 5.79. The van der Waals surface area contributed by atoms with Crippen molar-refractivity contribution in [1.29, 1.82) is 0 Å². The van der Waals surface area contributed by atoms with E-state index in [4.69, 9.17) is 11.6 Å². The highest BCUT2D eigenvalue weighted by Crippen LogP contribution is 2.17. The Hall–Kier alpha value is -1.39. The van der Waals surface area contributed by atoms with E-state index in [1.807, 2.05) is 6.07 Å². The molecule has 1 heterocycles. The molecule has 1 aromatic carbocycles. The maximum Gasteiger partial charge on any atom is 0.126 e. The molecule has 0 aliphatic rings. The SMILES string of the molecule is CC(C)NCc1ccn(-c2cc(F)cc(Cl)c2)n1. The van der Waals surface area contributed by atoms with Gasteiger partial charge in [0.2, 0.25) is 0 Å². The summed E-state index contributed by atoms with van der Waals surface area (Å²) in [5.41, 5.74) is 1.53. The van der Waals surface area contributed by atoms with Gasteiger partial charge in [-0.05, 0) is 24.3 Å². The van der Waals surface area contributed by atoms with Gasteiger partial charge in [0.05, 0.1) is 11.4 Å². The van der Waals surface area contributed by atoms with Crippen molar-refractivity contribution in [1.82, 2.24) is 15.1 Å². The minimum Gasteiger partial charge on any atom is -0.309 e. The van der Waals surface area contributed by atoms with E-state index in [0.29, 0.717) is 23.3 Å². The van der Waals surface area contributed by atoms with E-state index < -0.39 is 0 Å². The molecule has 5 heteroatoms. The third-order valence-corrected chi connectivity index (χ3v) is 2.67. The van der Waals surface area contributed by atoms with Crippen molar-refractivity contribution >= 4 is 11.6 Å². The fourth-order valence-electron chi connectivity index (χ4n) is 1.58. The van der Waals surface area contributed by atoms with Crippen molar-refractivity contribution in [3.8, 4) is 5.69 Å². The zero-order valence-electron chi connectivity index (χ0n) is 10.3. The quantitative estimate of drug-likeness (QED) is 0.922. The molecule has 0 spiro atoms. The summed E-state index contributed by atoms with van der Waals surface area (Å²) in [4.78, 5) is 0. The predicted molar refractivity (Wildman–Crippen MR) is 70.5 cm³/mol. The lowest BCUT2D eigenvalue weighted by Crippen LogP contribution is -2.22. The zero-order valence-corrected chi connectivity index (χ0v) is 11.1. The molecule has 0 bridgehead atoms. The molecule has 0 saturated heterocycles. The first-order chi connectivity index (χ1) is 8.54. The Morgan fingerprint density at radius 3 is 2.83 bits per heavy atom. The van der Waals surface area contributed by atoms with Crippen molar-refractivity contribution < 1.29 is 4.39 Å². The Balaban J connectivity index is 2.18. The van der Waals surface area contributed by atoms with Gasteiger partial charge in [0, 0.05) is 23.8 Å². The number of hydrogen-bond donors (Lipinski definition) is 1. The van der Waals surface area contributed by atoms with Gasteiger partial charge in [0.15, 0.2) is 0 Å². The fourth-order valence-corrected chi connectivity index (χ4v) is 1.80. The second-order valence-corrected chi connectivity index (χ2v) is 4.85. The highest BCUT2D eigenvalue weighted by Gasteiger charge is 2.04. The van der Waals surface area contributed by atoms with E-state index in [-0.39, 0.29) is 5.82 Å². The van der Waals surface area contributed by atoms with E-state index in [1.165, 1.54) is 12.1 Å². The van der Waals surface area contributed by atoms with Crippen LogP contribution in [0, 0.1) is 5.82 Å². The van der Waals surface area contributed by atoms with Gasteiger partial charge in [-0.25, -0.2) is 9.07 Å². The van der Waals surface area contributed by atoms with Crippen LogP contribution in [-0.4, -0.2) is 15.8 Å². The zero-order chi connectivity index (χ0) is 13.1. The summed E-state index contributed by atoms with van der Waals surface area (Å²) in [6, 6.07) is 6.65. The number of benzene rings is 1. The standard InChI is InChI=1S/C13H15ClFN3/c1-9(2)16-8-12-3-4-18(17-12)13-6-10(14)5-11(15)7-13/h3-7,9,16H,8H2,1-2H3. The third kappa shape index (κ3) is 3.31. The molecule has 0 radical (unpaired) electrons. The lowest BCUT2D eigenvalue weighted by Gasteiger charge is -2.05. The number of halogens is 2. The predicted octanol–water partition coefficient (Wildman–Crippen LogP) is 3.16. The average molecular weight is 268 g/mol. The largest absolute Gasteiger partial charge is 0.309 e. The molecule has 1 aromatic heterocycles. The molecule has 0 amide bonds. The van der Waals surface area contributed by atoms with Crippen molar-refractivity contribution in [2.45, 2.75) is 26.4 Å². The van der Waals surface area contributed by atoms with Gasteiger partial charge < -0.3 is 5.32 Å². The molecule has 18 heavy (non-hydrogen) atoms. The van der Waals surface area contributed by atoms with Gasteiger partial charge in [-0.2, -0.15) is 5.10 Å². The summed E-state index contributed by atoms with van der Waals surface area (Å²) in [7, 11) is 0. The van der Waals surface area contributed by atoms with Crippen LogP contribution in [0.15, 0.2) is 30.5 Å². The number of nitrogens with one attached hydrogen (secondary N) is 1. The van der Waals surface area contributed by atoms with Crippen LogP contribution in [0.5, 0.6) is 0 Å². The molecule has 0 aliphatic heterocycles. The topological polar surface area (TPSA) is 29.9 Å². The van der Waals surface area contributed by atoms with Gasteiger partial charge in [-0.15, -0.1) is 0 Å². The normalized spacial score (nSPS) is 11.2. The van der Waals surface area contributed by atoms with Crippen LogP contribution in [0.25, 0.3) is 5.69 Å². The lowest BCUT2D eigenvalue weighted by atomic mass is 10.3. The summed E-state index contributed by atoms with van der Waals surface area (Å²) < 4.78 is 14.9. The van der Waals surface area contributed by atoms with E-state index >= 15 is 0 Å². The number of nitrogens with zero attached hydrogens (tertiary/aromatic N) is 2. The molecule has 1 N–H and O–H groups in total. The maximum absolute atomic E-state index is 13.2. The Morgan fingerprint density at radius 1 is 1.39 bits per heavy atom. The van der Waals surface area contributed by atoms with Crippen LogP contribution in [0.3, 0.4) is 0 Å². The minimum atomic E-state index is -0.366. The van der Waals surface area contributed by atoms with Crippen molar-refractivity contribution in [2.75, 3.05) is 0 Å². The first-order valence-corrected chi connectivity index (χ1v) is 6.17. The van der Waals surface area contributed by atoms with Gasteiger partial charge in [-0.1, -0.05) is 25.4 Å². The monoisotopic (exact) mass is 267 g/mol. The number of rotatable bonds is 4. The highest BCUT2D eigenvalue weighted by molar-refractivity contribution is 6.30. The van der Waals surface area contributed by atoms with Crippen LogP contribution in [0.2, 0.25) is 5.02 Å². The molecule has 2 rings (SSSR count). The summed E-state index contributed by atoms with van der Waals surface area (Å²) in [6.07, 6.45) is 1.79. The van der Waals surface area contributed by atoms with Crippen LogP contribution in [-0.2, 0) is 6.54 Å². The maximum atomic E-state index is 13.2. The van der Waals surface area contributed by atoms with E-state index in [1.54, 1.807) is 16.9 Å². The van der Waals surface area contributed by atoms with E-state index in [0.717, 1.165) is 5.69 Å². The van der Waals surface area contributed by atoms with E-state index in [2.05, 4.69) is 24.3 Å². The van der Waals surface area contributed by atoms with Crippen molar-refractivity contribution in [3.05, 3.63) is 47.0 Å². The summed E-state index contributed by atoms with van der Waals surface area (Å²) in [5, 5.41) is 8.00. The van der Waals surface area contributed by atoms with Gasteiger partial charge in [-0.3, -0.25) is 0 Å². The van der Waals surface area contributed by atoms with Gasteiger partial charge in [0.25, 0.3) is 0 Å². The molecular formula is C13H15ClFN3. The Labute approximate surface area is 111 Å². The molecule has 3 nitrogen and oxygen atoms in total. The molecule has 0 unspecified atom stereocenters. The van der Waals surface area contributed by atoms with E-state index in [9.17, 15) is 4.39 Å². The fraction of sp³-hybridized carbons (Fsp3) is 0.308. The molecule has 2 aromatic rings. The molecule has 96 valence electrons. The molecule has 0 atom stereocenters. The second-order valence-electron chi connectivity index (χ2n) is 4.41. The minimum absolute atomic E-state index is 0.363. The smallest absolute Gasteiger partial charge is 0.126 e. The lowest BCUT2D eigenvalue weighted by molar-refractivity contribution is 0.577. The van der Waals surface area contributed by atoms with Crippen molar-refractivity contribution in [2.24, 2.45) is 0 Å². The summed E-state index contributed by atoms with van der Waals surface area (Å²) in [6.45, 7) is 4.83. The Bertz CT molecular complexity index is 517. The highest BCUT2D eigenvalue weighted by atomic mass is 35.5. The Morgan fingerprint density at radius 2 is 2.17 bits per heavy atom. The second kappa shape index (κ2) is 5.50. The number of aromatic nitrogens is 2. The summed E-state index contributed by atoms with van der Waals surface area (Å²) >= 11 is 5.82. The van der Waals surface area contributed by atoms with Crippen LogP contribution < -0.4 is 5.32 Å². The molecule has 0 fully saturated rings. The summed E-state index contributed by atoms with van der Waals surface area (Å²) in [5.74, 6) is -0.366. The van der Waals surface area contributed by atoms with Gasteiger partial charge in [0.1, 0.15) is 5.82 Å². The van der Waals surface area contributed by atoms with Crippen LogP contribution in [0.4, 0.5) is 4.39 Å². The molecule has 0 aliphatic carbocycles. The molecule has 0 saturated carbocycles. The average Bonchev–Trinajstić information content (AvgIpc) is 2.73. The third-order valence-electron chi connectivity index (χ3n) is 2.45. The van der Waals surface area contributed by atoms with Crippen molar-refractivity contribution in [3.63, 3.8) is 0 Å². The van der Waals surface area contributed by atoms with Crippen LogP contribution in [0.1, 0.15) is 19.5 Å².